The number of hydrogen-bond acceptors (Lipinski definition) is 3. The average Bonchev–Trinajstić information content (AvgIpc) is 3.27. The van der Waals surface area contributed by atoms with Gasteiger partial charge in [-0.25, -0.2) is 9.07 Å². The standard InChI is InChI=1S/C29H21ClF4N3O2/c1-17(19-7-13-27(29(32,33)34)36(39)16-19)14-26(38)18-6-12-23-25(15-18)37(21-10-8-20(31)9-11-21)35-28(23)22-4-2-3-5-24(22)30/h2-13,15-17,39H,14H2,1H3/q+1/t17-/m0/s1. The van der Waals surface area contributed by atoms with Crippen LogP contribution in [0.15, 0.2) is 85.1 Å². The highest BCUT2D eigenvalue weighted by Crippen LogP contribution is 2.35. The number of Topliss-reactive ketones (excluding diaryl/α,β-unsaturated/α-hetero) is 1. The molecule has 0 fully saturated rings. The van der Waals surface area contributed by atoms with Crippen molar-refractivity contribution in [2.45, 2.75) is 25.4 Å². The Morgan fingerprint density at radius 2 is 1.77 bits per heavy atom. The van der Waals surface area contributed by atoms with Gasteiger partial charge in [-0.15, -0.1) is 0 Å². The van der Waals surface area contributed by atoms with Crippen LogP contribution in [0.1, 0.15) is 40.9 Å². The molecule has 0 bridgehead atoms. The number of nitrogens with zero attached hydrogens (tertiary/aromatic N) is 3. The van der Waals surface area contributed by atoms with Crippen molar-refractivity contribution in [3.63, 3.8) is 0 Å². The van der Waals surface area contributed by atoms with Crippen LogP contribution in [0.5, 0.6) is 0 Å². The molecule has 10 heteroatoms. The third-order valence-electron chi connectivity index (χ3n) is 6.51. The van der Waals surface area contributed by atoms with Crippen molar-refractivity contribution in [3.05, 3.63) is 113 Å². The van der Waals surface area contributed by atoms with Crippen molar-refractivity contribution in [3.8, 4) is 16.9 Å². The summed E-state index contributed by atoms with van der Waals surface area (Å²) < 4.78 is 54.2. The number of carbonyl (C=O) groups is 1. The molecular weight excluding hydrogens is 534 g/mol. The number of halogens is 5. The Morgan fingerprint density at radius 1 is 1.05 bits per heavy atom. The number of hydrogen-bond donors (Lipinski definition) is 1. The molecule has 0 spiro atoms. The van der Waals surface area contributed by atoms with Crippen molar-refractivity contribution in [1.82, 2.24) is 9.78 Å². The smallest absolute Gasteiger partial charge is 0.294 e. The van der Waals surface area contributed by atoms with Crippen molar-refractivity contribution < 1.29 is 32.3 Å². The summed E-state index contributed by atoms with van der Waals surface area (Å²) in [5.74, 6) is -1.13. The molecule has 0 unspecified atom stereocenters. The molecule has 198 valence electrons. The Bertz CT molecular complexity index is 1700. The summed E-state index contributed by atoms with van der Waals surface area (Å²) in [5, 5.41) is 15.7. The monoisotopic (exact) mass is 554 g/mol. The average molecular weight is 555 g/mol. The van der Waals surface area contributed by atoms with Crippen molar-refractivity contribution in [1.29, 1.82) is 0 Å². The number of aromatic nitrogens is 3. The number of pyridine rings is 1. The Labute approximate surface area is 225 Å². The van der Waals surface area contributed by atoms with E-state index in [9.17, 15) is 27.6 Å². The third kappa shape index (κ3) is 5.22. The molecule has 5 rings (SSSR count). The van der Waals surface area contributed by atoms with Gasteiger partial charge in [-0.2, -0.15) is 18.3 Å². The normalized spacial score (nSPS) is 12.6. The van der Waals surface area contributed by atoms with E-state index >= 15 is 0 Å². The van der Waals surface area contributed by atoms with Crippen molar-refractivity contribution in [2.75, 3.05) is 0 Å². The second-order valence-electron chi connectivity index (χ2n) is 9.17. The SMILES string of the molecule is C[C@@H](CC(=O)c1ccc2c(-c3ccccc3Cl)nn(-c3ccc(F)cc3)c2c1)c1ccc(C(F)(F)F)[n+](O)c1. The fraction of sp³-hybridized carbons (Fsp3) is 0.138. The van der Waals surface area contributed by atoms with Crippen LogP contribution in [0.4, 0.5) is 17.6 Å². The highest BCUT2D eigenvalue weighted by Gasteiger charge is 2.42. The number of alkyl halides is 3. The van der Waals surface area contributed by atoms with Crippen LogP contribution < -0.4 is 4.73 Å². The maximum Gasteiger partial charge on any atom is 0.482 e. The van der Waals surface area contributed by atoms with Gasteiger partial charge in [-0.3, -0.25) is 10.0 Å². The van der Waals surface area contributed by atoms with Gasteiger partial charge in [-0.05, 0) is 54.4 Å². The summed E-state index contributed by atoms with van der Waals surface area (Å²) >= 11 is 6.44. The molecule has 5 nitrogen and oxygen atoms in total. The molecule has 0 amide bonds. The molecule has 3 aromatic carbocycles. The molecule has 2 heterocycles. The lowest BCUT2D eigenvalue weighted by Crippen LogP contribution is -2.39. The van der Waals surface area contributed by atoms with Gasteiger partial charge < -0.3 is 0 Å². The minimum Gasteiger partial charge on any atom is -0.294 e. The van der Waals surface area contributed by atoms with E-state index in [-0.39, 0.29) is 16.9 Å². The predicted octanol–water partition coefficient (Wildman–Crippen LogP) is 7.41. The number of rotatable bonds is 6. The quantitative estimate of drug-likeness (QED) is 0.103. The molecule has 2 aromatic heterocycles. The van der Waals surface area contributed by atoms with E-state index in [0.717, 1.165) is 17.6 Å². The van der Waals surface area contributed by atoms with Crippen LogP contribution in [0, 0.1) is 5.82 Å². The molecule has 0 aliphatic carbocycles. The van der Waals surface area contributed by atoms with Crippen molar-refractivity contribution in [2.24, 2.45) is 0 Å². The molecule has 0 aliphatic heterocycles. The van der Waals surface area contributed by atoms with Gasteiger partial charge in [0.15, 0.2) is 5.78 Å². The van der Waals surface area contributed by atoms with Gasteiger partial charge in [0.05, 0.1) is 16.2 Å². The van der Waals surface area contributed by atoms with E-state index in [0.29, 0.717) is 38.6 Å². The minimum atomic E-state index is -4.71. The second-order valence-corrected chi connectivity index (χ2v) is 9.57. The Hall–Kier alpha value is -4.24. The zero-order valence-corrected chi connectivity index (χ0v) is 21.2. The predicted molar refractivity (Wildman–Crippen MR) is 138 cm³/mol. The molecule has 0 saturated carbocycles. The Morgan fingerprint density at radius 3 is 2.44 bits per heavy atom. The molecule has 1 N–H and O–H groups in total. The van der Waals surface area contributed by atoms with Gasteiger partial charge >= 0.3 is 11.9 Å². The van der Waals surface area contributed by atoms with Crippen LogP contribution in [-0.2, 0) is 6.18 Å². The molecular formula is C29H21ClF4N3O2+. The number of carbonyl (C=O) groups excluding carboxylic acids is 1. The van der Waals surface area contributed by atoms with Crippen LogP contribution in [0.2, 0.25) is 5.02 Å². The van der Waals surface area contributed by atoms with Gasteiger partial charge in [-0.1, -0.05) is 42.8 Å². The molecule has 0 saturated heterocycles. The van der Waals surface area contributed by atoms with Crippen LogP contribution in [0.3, 0.4) is 0 Å². The van der Waals surface area contributed by atoms with E-state index in [1.807, 2.05) is 12.1 Å². The summed E-state index contributed by atoms with van der Waals surface area (Å²) in [7, 11) is 0. The molecule has 1 atom stereocenters. The van der Waals surface area contributed by atoms with Crippen LogP contribution in [-0.4, -0.2) is 20.8 Å². The van der Waals surface area contributed by atoms with Crippen molar-refractivity contribution >= 4 is 28.3 Å². The first kappa shape index (κ1) is 26.4. The van der Waals surface area contributed by atoms with E-state index in [1.54, 1.807) is 54.1 Å². The molecule has 5 aromatic rings. The van der Waals surface area contributed by atoms with Crippen LogP contribution in [0.25, 0.3) is 27.8 Å². The maximum absolute atomic E-state index is 13.6. The Balaban J connectivity index is 1.52. The largest absolute Gasteiger partial charge is 0.482 e. The van der Waals surface area contributed by atoms with Gasteiger partial charge in [0.2, 0.25) is 6.20 Å². The fourth-order valence-electron chi connectivity index (χ4n) is 4.45. The first-order chi connectivity index (χ1) is 18.5. The van der Waals surface area contributed by atoms with Crippen LogP contribution >= 0.6 is 11.6 Å². The topological polar surface area (TPSA) is 59.0 Å². The molecule has 0 aliphatic rings. The first-order valence-electron chi connectivity index (χ1n) is 11.9. The van der Waals surface area contributed by atoms with E-state index < -0.39 is 23.6 Å². The summed E-state index contributed by atoms with van der Waals surface area (Å²) in [5.41, 5.74) is 1.98. The first-order valence-corrected chi connectivity index (χ1v) is 12.3. The minimum absolute atomic E-state index is 0.0150. The summed E-state index contributed by atoms with van der Waals surface area (Å²) in [4.78, 5) is 13.3. The maximum atomic E-state index is 13.6. The van der Waals surface area contributed by atoms with E-state index in [1.165, 1.54) is 18.2 Å². The van der Waals surface area contributed by atoms with Gasteiger partial charge in [0, 0.05) is 39.3 Å². The number of ketones is 1. The number of fused-ring (bicyclic) bond motifs is 1. The van der Waals surface area contributed by atoms with Gasteiger partial charge in [0.1, 0.15) is 11.5 Å². The molecule has 39 heavy (non-hydrogen) atoms. The lowest BCUT2D eigenvalue weighted by atomic mass is 9.93. The zero-order valence-electron chi connectivity index (χ0n) is 20.5. The van der Waals surface area contributed by atoms with Gasteiger partial charge in [0.25, 0.3) is 0 Å². The Kier molecular flexibility index (Phi) is 6.86. The number of benzene rings is 3. The molecule has 0 radical (unpaired) electrons. The highest BCUT2D eigenvalue weighted by molar-refractivity contribution is 6.33. The fourth-order valence-corrected chi connectivity index (χ4v) is 4.68. The van der Waals surface area contributed by atoms with E-state index in [4.69, 9.17) is 16.7 Å². The lowest BCUT2D eigenvalue weighted by Gasteiger charge is -2.11. The lowest BCUT2D eigenvalue weighted by molar-refractivity contribution is -0.915. The second kappa shape index (κ2) is 10.1. The summed E-state index contributed by atoms with van der Waals surface area (Å²) in [6.45, 7) is 1.69. The third-order valence-corrected chi connectivity index (χ3v) is 6.84. The zero-order chi connectivity index (χ0) is 27.9. The summed E-state index contributed by atoms with van der Waals surface area (Å²) in [6.07, 6.45) is -3.76. The summed E-state index contributed by atoms with van der Waals surface area (Å²) in [6, 6.07) is 20.1. The highest BCUT2D eigenvalue weighted by atomic mass is 35.5. The van der Waals surface area contributed by atoms with E-state index in [2.05, 4.69) is 0 Å².